The predicted octanol–water partition coefficient (Wildman–Crippen LogP) is 3.27. The van der Waals surface area contributed by atoms with Crippen molar-refractivity contribution >= 4 is 23.2 Å². The zero-order chi connectivity index (χ0) is 15.4. The fourth-order valence-corrected chi connectivity index (χ4v) is 3.48. The first-order chi connectivity index (χ1) is 9.97. The Morgan fingerprint density at radius 2 is 2.19 bits per heavy atom. The van der Waals surface area contributed by atoms with Crippen LogP contribution in [0.3, 0.4) is 0 Å². The number of hydrogen-bond acceptors (Lipinski definition) is 3. The van der Waals surface area contributed by atoms with Crippen LogP contribution in [0.5, 0.6) is 0 Å². The number of likely N-dealkylation sites (tertiary alicyclic amines) is 1. The molecule has 118 valence electrons. The van der Waals surface area contributed by atoms with Gasteiger partial charge in [-0.05, 0) is 57.6 Å². The Morgan fingerprint density at radius 1 is 1.43 bits per heavy atom. The average Bonchev–Trinajstić information content (AvgIpc) is 2.84. The summed E-state index contributed by atoms with van der Waals surface area (Å²) in [5, 5.41) is 1.17. The fraction of sp³-hybridized carbons (Fsp3) is 0.625. The van der Waals surface area contributed by atoms with Gasteiger partial charge in [0.05, 0.1) is 10.0 Å². The van der Waals surface area contributed by atoms with E-state index in [9.17, 15) is 0 Å². The Labute approximate surface area is 138 Å². The second-order valence-electron chi connectivity index (χ2n) is 6.22. The Morgan fingerprint density at radius 3 is 2.86 bits per heavy atom. The van der Waals surface area contributed by atoms with Crippen molar-refractivity contribution in [1.29, 1.82) is 0 Å². The number of benzene rings is 1. The lowest BCUT2D eigenvalue weighted by Gasteiger charge is -2.23. The Balaban J connectivity index is 1.80. The molecule has 0 bridgehead atoms. The van der Waals surface area contributed by atoms with Crippen molar-refractivity contribution in [2.45, 2.75) is 18.9 Å². The van der Waals surface area contributed by atoms with Gasteiger partial charge in [-0.15, -0.1) is 0 Å². The fourth-order valence-electron chi connectivity index (χ4n) is 3.03. The maximum absolute atomic E-state index is 6.27. The summed E-state index contributed by atoms with van der Waals surface area (Å²) in [6.45, 7) is 4.54. The molecule has 0 aromatic heterocycles. The standard InChI is InChI=1S/C16H25Cl2N3/c1-20-8-6-12(10-20)11-21(2)9-7-15(19)13-4-3-5-14(17)16(13)18/h3-5,12,15H,6-11,19H2,1-2H3. The first-order valence-corrected chi connectivity index (χ1v) is 8.29. The summed E-state index contributed by atoms with van der Waals surface area (Å²) >= 11 is 12.3. The van der Waals surface area contributed by atoms with E-state index in [4.69, 9.17) is 28.9 Å². The molecule has 21 heavy (non-hydrogen) atoms. The van der Waals surface area contributed by atoms with Crippen LogP contribution < -0.4 is 5.73 Å². The highest BCUT2D eigenvalue weighted by atomic mass is 35.5. The van der Waals surface area contributed by atoms with Crippen molar-refractivity contribution < 1.29 is 0 Å². The molecule has 1 fully saturated rings. The van der Waals surface area contributed by atoms with Gasteiger partial charge in [0.15, 0.2) is 0 Å². The summed E-state index contributed by atoms with van der Waals surface area (Å²) in [5.41, 5.74) is 7.21. The van der Waals surface area contributed by atoms with Gasteiger partial charge >= 0.3 is 0 Å². The van der Waals surface area contributed by atoms with Crippen LogP contribution in [-0.4, -0.2) is 50.1 Å². The van der Waals surface area contributed by atoms with Gasteiger partial charge in [-0.25, -0.2) is 0 Å². The Kier molecular flexibility index (Phi) is 6.33. The SMILES string of the molecule is CN1CCC(CN(C)CCC(N)c2cccc(Cl)c2Cl)C1. The third-order valence-corrected chi connectivity index (χ3v) is 5.10. The van der Waals surface area contributed by atoms with E-state index in [0.29, 0.717) is 10.0 Å². The lowest BCUT2D eigenvalue weighted by molar-refractivity contribution is 0.265. The minimum absolute atomic E-state index is 0.0649. The van der Waals surface area contributed by atoms with E-state index in [-0.39, 0.29) is 6.04 Å². The van der Waals surface area contributed by atoms with Gasteiger partial charge in [0.25, 0.3) is 0 Å². The molecule has 3 nitrogen and oxygen atoms in total. The number of nitrogens with zero attached hydrogens (tertiary/aromatic N) is 2. The van der Waals surface area contributed by atoms with Crippen molar-refractivity contribution in [2.24, 2.45) is 11.7 Å². The molecule has 2 atom stereocenters. The molecule has 1 aliphatic rings. The Bertz CT molecular complexity index is 467. The van der Waals surface area contributed by atoms with E-state index in [1.807, 2.05) is 12.1 Å². The molecule has 1 aliphatic heterocycles. The molecule has 2 rings (SSSR count). The molecule has 0 aliphatic carbocycles. The molecule has 1 aromatic carbocycles. The van der Waals surface area contributed by atoms with Gasteiger partial charge in [-0.2, -0.15) is 0 Å². The molecule has 0 amide bonds. The van der Waals surface area contributed by atoms with Gasteiger partial charge < -0.3 is 15.5 Å². The summed E-state index contributed by atoms with van der Waals surface area (Å²) in [5.74, 6) is 0.783. The van der Waals surface area contributed by atoms with Gasteiger partial charge in [0, 0.05) is 19.1 Å². The predicted molar refractivity (Wildman–Crippen MR) is 91.1 cm³/mol. The summed E-state index contributed by atoms with van der Waals surface area (Å²) in [4.78, 5) is 4.78. The van der Waals surface area contributed by atoms with Gasteiger partial charge in [0.1, 0.15) is 0 Å². The topological polar surface area (TPSA) is 32.5 Å². The number of halogens is 2. The summed E-state index contributed by atoms with van der Waals surface area (Å²) in [6, 6.07) is 5.60. The van der Waals surface area contributed by atoms with Crippen LogP contribution in [0.15, 0.2) is 18.2 Å². The molecule has 2 N–H and O–H groups in total. The van der Waals surface area contributed by atoms with Gasteiger partial charge in [-0.1, -0.05) is 35.3 Å². The first kappa shape index (κ1) is 17.0. The van der Waals surface area contributed by atoms with Crippen LogP contribution in [0.4, 0.5) is 0 Å². The van der Waals surface area contributed by atoms with E-state index in [1.165, 1.54) is 19.5 Å². The molecule has 1 saturated heterocycles. The third-order valence-electron chi connectivity index (χ3n) is 4.26. The van der Waals surface area contributed by atoms with Crippen LogP contribution in [0.2, 0.25) is 10.0 Å². The molecule has 0 spiro atoms. The number of nitrogens with two attached hydrogens (primary N) is 1. The van der Waals surface area contributed by atoms with Crippen molar-refractivity contribution in [3.8, 4) is 0 Å². The van der Waals surface area contributed by atoms with Gasteiger partial charge in [0.2, 0.25) is 0 Å². The highest BCUT2D eigenvalue weighted by molar-refractivity contribution is 6.42. The van der Waals surface area contributed by atoms with Crippen molar-refractivity contribution in [3.05, 3.63) is 33.8 Å². The lowest BCUT2D eigenvalue weighted by Crippen LogP contribution is -2.30. The molecule has 0 saturated carbocycles. The molecule has 0 radical (unpaired) electrons. The number of rotatable bonds is 6. The van der Waals surface area contributed by atoms with Crippen LogP contribution in [0.25, 0.3) is 0 Å². The van der Waals surface area contributed by atoms with Gasteiger partial charge in [-0.3, -0.25) is 0 Å². The maximum Gasteiger partial charge on any atom is 0.0640 e. The van der Waals surface area contributed by atoms with Crippen molar-refractivity contribution in [2.75, 3.05) is 40.3 Å². The van der Waals surface area contributed by atoms with Crippen molar-refractivity contribution in [3.63, 3.8) is 0 Å². The quantitative estimate of drug-likeness (QED) is 0.869. The van der Waals surface area contributed by atoms with Crippen LogP contribution in [0, 0.1) is 5.92 Å². The normalized spacial score (nSPS) is 21.1. The van der Waals surface area contributed by atoms with Crippen molar-refractivity contribution in [1.82, 2.24) is 9.80 Å². The van der Waals surface area contributed by atoms with E-state index in [2.05, 4.69) is 23.9 Å². The van der Waals surface area contributed by atoms with E-state index >= 15 is 0 Å². The van der Waals surface area contributed by atoms with Crippen LogP contribution in [-0.2, 0) is 0 Å². The molecule has 5 heteroatoms. The van der Waals surface area contributed by atoms with Crippen LogP contribution >= 0.6 is 23.2 Å². The highest BCUT2D eigenvalue weighted by Crippen LogP contribution is 2.30. The molecule has 1 aromatic rings. The lowest BCUT2D eigenvalue weighted by atomic mass is 10.0. The second kappa shape index (κ2) is 7.80. The largest absolute Gasteiger partial charge is 0.324 e. The highest BCUT2D eigenvalue weighted by Gasteiger charge is 2.21. The zero-order valence-electron chi connectivity index (χ0n) is 12.9. The molecular weight excluding hydrogens is 305 g/mol. The van der Waals surface area contributed by atoms with E-state index in [0.717, 1.165) is 31.0 Å². The smallest absolute Gasteiger partial charge is 0.0640 e. The minimum Gasteiger partial charge on any atom is -0.324 e. The molecule has 2 unspecified atom stereocenters. The molecule has 1 heterocycles. The monoisotopic (exact) mass is 329 g/mol. The first-order valence-electron chi connectivity index (χ1n) is 7.54. The van der Waals surface area contributed by atoms with E-state index < -0.39 is 0 Å². The summed E-state index contributed by atoms with van der Waals surface area (Å²) in [6.07, 6.45) is 2.19. The van der Waals surface area contributed by atoms with E-state index in [1.54, 1.807) is 6.07 Å². The zero-order valence-corrected chi connectivity index (χ0v) is 14.4. The summed E-state index contributed by atoms with van der Waals surface area (Å²) in [7, 11) is 4.36. The average molecular weight is 330 g/mol. The minimum atomic E-state index is -0.0649. The van der Waals surface area contributed by atoms with Crippen LogP contribution in [0.1, 0.15) is 24.4 Å². The summed E-state index contributed by atoms with van der Waals surface area (Å²) < 4.78 is 0. The third kappa shape index (κ3) is 4.83. The second-order valence-corrected chi connectivity index (χ2v) is 7.00. The number of hydrogen-bond donors (Lipinski definition) is 1. The molecular formula is C16H25Cl2N3. The Hall–Kier alpha value is -0.320. The maximum atomic E-state index is 6.27.